The van der Waals surface area contributed by atoms with Crippen molar-refractivity contribution in [2.24, 2.45) is 5.73 Å². The minimum absolute atomic E-state index is 0.0480. The van der Waals surface area contributed by atoms with Crippen LogP contribution in [0.5, 0.6) is 0 Å². The van der Waals surface area contributed by atoms with E-state index in [1.807, 2.05) is 0 Å². The van der Waals surface area contributed by atoms with Gasteiger partial charge in [-0.05, 0) is 25.6 Å². The maximum absolute atomic E-state index is 10.6. The Labute approximate surface area is 75.6 Å². The van der Waals surface area contributed by atoms with Gasteiger partial charge in [0.25, 0.3) is 0 Å². The van der Waals surface area contributed by atoms with Crippen molar-refractivity contribution in [2.45, 2.75) is 6.10 Å². The van der Waals surface area contributed by atoms with Crippen molar-refractivity contribution in [1.82, 2.24) is 3.71 Å². The molecular formula is C4H10N2O3S2. The quantitative estimate of drug-likeness (QED) is 0.458. The second kappa shape index (κ2) is 5.53. The summed E-state index contributed by atoms with van der Waals surface area (Å²) in [4.78, 5) is 10.6. The largest absolute Gasteiger partial charge is 0.445 e. The lowest BCUT2D eigenvalue weighted by Gasteiger charge is -2.10. The molecule has 0 radical (unpaired) electrons. The molecule has 1 amide bonds. The number of hydrogen-bond donors (Lipinski definition) is 4. The Morgan fingerprint density at radius 2 is 2.27 bits per heavy atom. The molecule has 7 heteroatoms. The van der Waals surface area contributed by atoms with Gasteiger partial charge >= 0.3 is 6.09 Å². The molecule has 3 N–H and O–H groups in total. The van der Waals surface area contributed by atoms with Crippen LogP contribution in [0.2, 0.25) is 0 Å². The van der Waals surface area contributed by atoms with E-state index in [9.17, 15) is 4.79 Å². The standard InChI is InChI=1S/C4H10N2O3S2/c5-1-3(7)2-9-4(8)6(10)11/h3,7,10-11H,1-2,5H2. The third-order valence-electron chi connectivity index (χ3n) is 0.835. The van der Waals surface area contributed by atoms with Crippen molar-refractivity contribution in [3.63, 3.8) is 0 Å². The Morgan fingerprint density at radius 3 is 2.64 bits per heavy atom. The molecule has 0 fully saturated rings. The van der Waals surface area contributed by atoms with Crippen LogP contribution in [0.1, 0.15) is 0 Å². The Bertz CT molecular complexity index is 133. The van der Waals surface area contributed by atoms with Gasteiger partial charge in [-0.1, -0.05) is 0 Å². The maximum Gasteiger partial charge on any atom is 0.430 e. The minimum Gasteiger partial charge on any atom is -0.445 e. The summed E-state index contributed by atoms with van der Waals surface area (Å²) in [6.07, 6.45) is -1.58. The fraction of sp³-hybridized carbons (Fsp3) is 0.750. The molecule has 0 aromatic rings. The van der Waals surface area contributed by atoms with Crippen LogP contribution in [0.25, 0.3) is 0 Å². The summed E-state index contributed by atoms with van der Waals surface area (Å²) in [7, 11) is 0. The average Bonchev–Trinajstić information content (AvgIpc) is 1.99. The first-order chi connectivity index (χ1) is 5.07. The lowest BCUT2D eigenvalue weighted by Crippen LogP contribution is -2.28. The van der Waals surface area contributed by atoms with Crippen molar-refractivity contribution >= 4 is 31.7 Å². The van der Waals surface area contributed by atoms with Crippen LogP contribution in [0.3, 0.4) is 0 Å². The number of aliphatic hydroxyl groups excluding tert-OH is 1. The molecule has 66 valence electrons. The number of rotatable bonds is 3. The van der Waals surface area contributed by atoms with Crippen LogP contribution in [0.15, 0.2) is 0 Å². The second-order valence-corrected chi connectivity index (χ2v) is 2.87. The summed E-state index contributed by atoms with van der Waals surface area (Å²) in [6, 6.07) is 0. The molecular weight excluding hydrogens is 188 g/mol. The fourth-order valence-corrected chi connectivity index (χ4v) is 0.409. The van der Waals surface area contributed by atoms with Gasteiger partial charge in [0.2, 0.25) is 0 Å². The lowest BCUT2D eigenvalue weighted by molar-refractivity contribution is 0.0710. The smallest absolute Gasteiger partial charge is 0.430 e. The molecule has 0 aromatic heterocycles. The first-order valence-corrected chi connectivity index (χ1v) is 3.60. The molecule has 0 saturated heterocycles. The molecule has 0 spiro atoms. The van der Waals surface area contributed by atoms with Crippen molar-refractivity contribution in [3.8, 4) is 0 Å². The van der Waals surface area contributed by atoms with Crippen LogP contribution in [-0.2, 0) is 4.74 Å². The van der Waals surface area contributed by atoms with Crippen LogP contribution < -0.4 is 5.73 Å². The fourth-order valence-electron chi connectivity index (χ4n) is 0.293. The van der Waals surface area contributed by atoms with E-state index in [0.717, 1.165) is 0 Å². The molecule has 0 aliphatic carbocycles. The Morgan fingerprint density at radius 1 is 1.73 bits per heavy atom. The molecule has 0 aliphatic rings. The number of nitrogens with two attached hydrogens (primary N) is 1. The molecule has 0 rings (SSSR count). The second-order valence-electron chi connectivity index (χ2n) is 1.76. The summed E-state index contributed by atoms with van der Waals surface area (Å²) in [5.74, 6) is 0. The number of nitrogens with zero attached hydrogens (tertiary/aromatic N) is 1. The number of hydrogen-bond acceptors (Lipinski definition) is 6. The van der Waals surface area contributed by atoms with E-state index in [-0.39, 0.29) is 13.2 Å². The average molecular weight is 198 g/mol. The van der Waals surface area contributed by atoms with E-state index in [0.29, 0.717) is 3.71 Å². The summed E-state index contributed by atoms with van der Waals surface area (Å²) in [5.41, 5.74) is 5.04. The SMILES string of the molecule is NCC(O)COC(=O)N(S)S. The van der Waals surface area contributed by atoms with Crippen molar-refractivity contribution in [3.05, 3.63) is 0 Å². The molecule has 0 saturated carbocycles. The topological polar surface area (TPSA) is 75.8 Å². The van der Waals surface area contributed by atoms with E-state index < -0.39 is 12.2 Å². The van der Waals surface area contributed by atoms with E-state index in [4.69, 9.17) is 10.8 Å². The van der Waals surface area contributed by atoms with Crippen LogP contribution in [0, 0.1) is 0 Å². The zero-order valence-corrected chi connectivity index (χ0v) is 7.46. The van der Waals surface area contributed by atoms with E-state index in [1.165, 1.54) is 0 Å². The zero-order valence-electron chi connectivity index (χ0n) is 5.67. The molecule has 1 atom stereocenters. The van der Waals surface area contributed by atoms with Gasteiger partial charge in [-0.2, -0.15) is 3.71 Å². The highest BCUT2D eigenvalue weighted by atomic mass is 32.2. The summed E-state index contributed by atoms with van der Waals surface area (Å²) in [5, 5.41) is 8.82. The number of carbonyl (C=O) groups excluding carboxylic acids is 1. The monoisotopic (exact) mass is 198 g/mol. The highest BCUT2D eigenvalue weighted by Crippen LogP contribution is 2.00. The van der Waals surface area contributed by atoms with Gasteiger partial charge in [-0.15, -0.1) is 0 Å². The summed E-state index contributed by atoms with van der Waals surface area (Å²) >= 11 is 7.07. The van der Waals surface area contributed by atoms with E-state index >= 15 is 0 Å². The highest BCUT2D eigenvalue weighted by Gasteiger charge is 2.09. The first kappa shape index (κ1) is 10.9. The molecule has 0 heterocycles. The number of ether oxygens (including phenoxy) is 1. The van der Waals surface area contributed by atoms with Gasteiger partial charge < -0.3 is 15.6 Å². The number of carbonyl (C=O) groups is 1. The maximum atomic E-state index is 10.6. The van der Waals surface area contributed by atoms with E-state index in [1.54, 1.807) is 0 Å². The van der Waals surface area contributed by atoms with Gasteiger partial charge in [0.1, 0.15) is 12.7 Å². The Kier molecular flexibility index (Phi) is 5.47. The highest BCUT2D eigenvalue weighted by molar-refractivity contribution is 7.94. The van der Waals surface area contributed by atoms with Gasteiger partial charge in [0.05, 0.1) is 0 Å². The zero-order chi connectivity index (χ0) is 8.85. The van der Waals surface area contributed by atoms with Crippen molar-refractivity contribution < 1.29 is 14.6 Å². The van der Waals surface area contributed by atoms with Crippen molar-refractivity contribution in [1.29, 1.82) is 0 Å². The Hall–Kier alpha value is -0.110. The number of aliphatic hydroxyl groups is 1. The first-order valence-electron chi connectivity index (χ1n) is 2.80. The van der Waals surface area contributed by atoms with Gasteiger partial charge in [-0.3, -0.25) is 0 Å². The van der Waals surface area contributed by atoms with E-state index in [2.05, 4.69) is 30.4 Å². The molecule has 1 unspecified atom stereocenters. The summed E-state index contributed by atoms with van der Waals surface area (Å²) in [6.45, 7) is -0.0978. The Balaban J connectivity index is 3.46. The number of thiol groups is 2. The predicted molar refractivity (Wildman–Crippen MR) is 46.2 cm³/mol. The number of amides is 1. The predicted octanol–water partition coefficient (Wildman–Crippen LogP) is -0.566. The summed E-state index contributed by atoms with van der Waals surface area (Å²) < 4.78 is 5.13. The molecule has 0 aromatic carbocycles. The minimum atomic E-state index is -0.833. The molecule has 0 bridgehead atoms. The van der Waals surface area contributed by atoms with Crippen LogP contribution in [-0.4, -0.2) is 34.2 Å². The van der Waals surface area contributed by atoms with Gasteiger partial charge in [-0.25, -0.2) is 4.79 Å². The third-order valence-corrected chi connectivity index (χ3v) is 1.16. The van der Waals surface area contributed by atoms with Gasteiger partial charge in [0.15, 0.2) is 0 Å². The van der Waals surface area contributed by atoms with Crippen LogP contribution >= 0.6 is 25.6 Å². The van der Waals surface area contributed by atoms with Gasteiger partial charge in [0, 0.05) is 6.54 Å². The molecule has 11 heavy (non-hydrogen) atoms. The van der Waals surface area contributed by atoms with Crippen LogP contribution in [0.4, 0.5) is 4.79 Å². The van der Waals surface area contributed by atoms with Crippen molar-refractivity contribution in [2.75, 3.05) is 13.2 Å². The lowest BCUT2D eigenvalue weighted by atomic mass is 10.4. The third kappa shape index (κ3) is 5.19. The normalized spacial score (nSPS) is 12.4. The molecule has 0 aliphatic heterocycles. The molecule has 5 nitrogen and oxygen atoms in total.